The fraction of sp³-hybridized carbons (Fsp3) is 0.286. The quantitative estimate of drug-likeness (QED) is 0.727. The first-order chi connectivity index (χ1) is 10.6. The van der Waals surface area contributed by atoms with Crippen molar-refractivity contribution in [1.82, 2.24) is 14.4 Å². The Hall–Kier alpha value is -1.95. The number of H-pyrrole nitrogens is 1. The molecule has 7 nitrogen and oxygen atoms in total. The van der Waals surface area contributed by atoms with Crippen LogP contribution >= 0.6 is 7.60 Å². The number of aromatic amines is 1. The van der Waals surface area contributed by atoms with Gasteiger partial charge in [-0.3, -0.25) is 9.36 Å². The molecule has 0 aliphatic rings. The summed E-state index contributed by atoms with van der Waals surface area (Å²) < 4.78 is 24.7. The fourth-order valence-corrected chi connectivity index (χ4v) is 3.92. The van der Waals surface area contributed by atoms with Gasteiger partial charge in [0.25, 0.3) is 5.56 Å². The van der Waals surface area contributed by atoms with Crippen LogP contribution in [-0.2, 0) is 13.6 Å². The molecule has 22 heavy (non-hydrogen) atoms. The van der Waals surface area contributed by atoms with Crippen LogP contribution in [0.15, 0.2) is 35.3 Å². The van der Waals surface area contributed by atoms with Gasteiger partial charge in [-0.2, -0.15) is 0 Å². The van der Waals surface area contributed by atoms with Gasteiger partial charge in [-0.15, -0.1) is 0 Å². The predicted octanol–water partition coefficient (Wildman–Crippen LogP) is 2.07. The Kier molecular flexibility index (Phi) is 3.87. The van der Waals surface area contributed by atoms with E-state index >= 15 is 0 Å². The van der Waals surface area contributed by atoms with Crippen LogP contribution in [0.3, 0.4) is 0 Å². The molecule has 1 aromatic carbocycles. The van der Waals surface area contributed by atoms with Crippen molar-refractivity contribution in [3.63, 3.8) is 0 Å². The maximum absolute atomic E-state index is 12.8. The third-order valence-corrected chi connectivity index (χ3v) is 5.32. The molecular formula is C14H16N3O4P. The maximum Gasteiger partial charge on any atom is 0.368 e. The van der Waals surface area contributed by atoms with Crippen molar-refractivity contribution in [1.29, 1.82) is 0 Å². The zero-order valence-electron chi connectivity index (χ0n) is 12.3. The van der Waals surface area contributed by atoms with Gasteiger partial charge in [0.1, 0.15) is 5.30 Å². The van der Waals surface area contributed by atoms with Gasteiger partial charge in [-0.05, 0) is 26.0 Å². The molecule has 0 aliphatic heterocycles. The summed E-state index contributed by atoms with van der Waals surface area (Å²) in [6.45, 7) is 3.74. The SMILES string of the molecule is CCOP(=O)(OCC)c1cnc2[nH]c3ccccc3n2c1=O. The number of fused-ring (bicyclic) bond motifs is 3. The van der Waals surface area contributed by atoms with Crippen molar-refractivity contribution in [2.75, 3.05) is 13.2 Å². The van der Waals surface area contributed by atoms with Crippen LogP contribution in [0.25, 0.3) is 16.8 Å². The van der Waals surface area contributed by atoms with Crippen molar-refractivity contribution in [3.8, 4) is 0 Å². The van der Waals surface area contributed by atoms with Crippen LogP contribution in [-0.4, -0.2) is 27.6 Å². The summed E-state index contributed by atoms with van der Waals surface area (Å²) in [6, 6.07) is 7.31. The molecule has 3 aromatic rings. The normalized spacial score (nSPS) is 12.3. The highest BCUT2D eigenvalue weighted by Crippen LogP contribution is 2.45. The van der Waals surface area contributed by atoms with E-state index in [0.717, 1.165) is 5.52 Å². The second-order valence-corrected chi connectivity index (χ2v) is 6.58. The smallest absolute Gasteiger partial charge is 0.323 e. The lowest BCUT2D eigenvalue weighted by atomic mass is 10.3. The molecule has 116 valence electrons. The minimum absolute atomic E-state index is 0.0570. The van der Waals surface area contributed by atoms with Gasteiger partial charge in [0.15, 0.2) is 0 Å². The lowest BCUT2D eigenvalue weighted by Gasteiger charge is -2.15. The van der Waals surface area contributed by atoms with Crippen LogP contribution in [0.4, 0.5) is 0 Å². The first kappa shape index (κ1) is 15.0. The molecule has 0 radical (unpaired) electrons. The summed E-state index contributed by atoms with van der Waals surface area (Å²) in [6.07, 6.45) is 1.26. The molecule has 2 heterocycles. The molecular weight excluding hydrogens is 305 g/mol. The maximum atomic E-state index is 12.8. The number of benzene rings is 1. The van der Waals surface area contributed by atoms with Gasteiger partial charge >= 0.3 is 7.60 Å². The van der Waals surface area contributed by atoms with Crippen molar-refractivity contribution in [3.05, 3.63) is 40.8 Å². The molecule has 2 aromatic heterocycles. The Morgan fingerprint density at radius 2 is 1.91 bits per heavy atom. The summed E-state index contributed by atoms with van der Waals surface area (Å²) in [5.74, 6) is 0.384. The number of nitrogens with one attached hydrogen (secondary N) is 1. The predicted molar refractivity (Wildman–Crippen MR) is 83.8 cm³/mol. The third-order valence-electron chi connectivity index (χ3n) is 3.23. The summed E-state index contributed by atoms with van der Waals surface area (Å²) >= 11 is 0. The van der Waals surface area contributed by atoms with Crippen LogP contribution < -0.4 is 10.9 Å². The zero-order valence-corrected chi connectivity index (χ0v) is 13.2. The molecule has 0 saturated heterocycles. The Labute approximate surface area is 126 Å². The van der Waals surface area contributed by atoms with E-state index in [1.165, 1.54) is 10.6 Å². The number of imidazole rings is 1. The standard InChI is InChI=1S/C14H16N3O4P/c1-3-20-22(19,21-4-2)12-9-15-14-16-10-7-5-6-8-11(10)17(14)13(12)18/h5-9H,3-4H2,1-2H3,(H,15,16). The van der Waals surface area contributed by atoms with E-state index in [4.69, 9.17) is 9.05 Å². The number of nitrogens with zero attached hydrogens (tertiary/aromatic N) is 2. The monoisotopic (exact) mass is 321 g/mol. The molecule has 0 fully saturated rings. The Morgan fingerprint density at radius 3 is 2.59 bits per heavy atom. The summed E-state index contributed by atoms with van der Waals surface area (Å²) in [5, 5.41) is -0.0570. The first-order valence-corrected chi connectivity index (χ1v) is 8.53. The molecule has 0 saturated carbocycles. The van der Waals surface area contributed by atoms with E-state index in [2.05, 4.69) is 9.97 Å². The zero-order chi connectivity index (χ0) is 15.7. The lowest BCUT2D eigenvalue weighted by molar-refractivity contribution is 0.229. The molecule has 1 N–H and O–H groups in total. The third kappa shape index (κ3) is 2.27. The molecule has 0 aliphatic carbocycles. The number of hydrogen-bond donors (Lipinski definition) is 1. The molecule has 0 amide bonds. The first-order valence-electron chi connectivity index (χ1n) is 6.99. The van der Waals surface area contributed by atoms with Crippen LogP contribution in [0.1, 0.15) is 13.8 Å². The van der Waals surface area contributed by atoms with Crippen molar-refractivity contribution < 1.29 is 13.6 Å². The topological polar surface area (TPSA) is 85.7 Å². The van der Waals surface area contributed by atoms with Crippen LogP contribution in [0, 0.1) is 0 Å². The number of aromatic nitrogens is 3. The summed E-state index contributed by atoms with van der Waals surface area (Å²) in [5.41, 5.74) is 0.982. The molecule has 0 bridgehead atoms. The molecule has 0 atom stereocenters. The van der Waals surface area contributed by atoms with E-state index in [0.29, 0.717) is 11.3 Å². The molecule has 3 rings (SSSR count). The number of rotatable bonds is 5. The number of para-hydroxylation sites is 2. The van der Waals surface area contributed by atoms with Gasteiger partial charge in [0.05, 0.1) is 30.4 Å². The van der Waals surface area contributed by atoms with E-state index in [1.807, 2.05) is 18.2 Å². The van der Waals surface area contributed by atoms with Crippen molar-refractivity contribution >= 4 is 29.7 Å². The molecule has 0 spiro atoms. The molecule has 0 unspecified atom stereocenters. The van der Waals surface area contributed by atoms with Gasteiger partial charge < -0.3 is 14.0 Å². The van der Waals surface area contributed by atoms with E-state index in [9.17, 15) is 9.36 Å². The largest absolute Gasteiger partial charge is 0.368 e. The summed E-state index contributed by atoms with van der Waals surface area (Å²) in [7, 11) is -3.68. The van der Waals surface area contributed by atoms with Crippen molar-refractivity contribution in [2.24, 2.45) is 0 Å². The summed E-state index contributed by atoms with van der Waals surface area (Å²) in [4.78, 5) is 20.0. The highest BCUT2D eigenvalue weighted by atomic mass is 31.2. The fourth-order valence-electron chi connectivity index (χ4n) is 2.36. The van der Waals surface area contributed by atoms with E-state index in [1.54, 1.807) is 19.9 Å². The lowest BCUT2D eigenvalue weighted by Crippen LogP contribution is -2.32. The van der Waals surface area contributed by atoms with E-state index in [-0.39, 0.29) is 18.5 Å². The van der Waals surface area contributed by atoms with Gasteiger partial charge in [-0.25, -0.2) is 9.38 Å². The minimum Gasteiger partial charge on any atom is -0.323 e. The second kappa shape index (κ2) is 5.68. The van der Waals surface area contributed by atoms with Crippen molar-refractivity contribution in [2.45, 2.75) is 13.8 Å². The van der Waals surface area contributed by atoms with Crippen LogP contribution in [0.2, 0.25) is 0 Å². The number of hydrogen-bond acceptors (Lipinski definition) is 5. The average Bonchev–Trinajstić information content (AvgIpc) is 2.87. The van der Waals surface area contributed by atoms with E-state index < -0.39 is 13.2 Å². The van der Waals surface area contributed by atoms with Gasteiger partial charge in [0.2, 0.25) is 5.78 Å². The Morgan fingerprint density at radius 1 is 1.23 bits per heavy atom. The van der Waals surface area contributed by atoms with Crippen LogP contribution in [0.5, 0.6) is 0 Å². The Bertz CT molecular complexity index is 921. The molecule has 8 heteroatoms. The highest BCUT2D eigenvalue weighted by molar-refractivity contribution is 7.62. The highest BCUT2D eigenvalue weighted by Gasteiger charge is 2.31. The second-order valence-electron chi connectivity index (χ2n) is 4.58. The minimum atomic E-state index is -3.68. The van der Waals surface area contributed by atoms with Gasteiger partial charge in [-0.1, -0.05) is 12.1 Å². The van der Waals surface area contributed by atoms with Gasteiger partial charge in [0, 0.05) is 0 Å². The average molecular weight is 321 g/mol. The Balaban J connectivity index is 2.32.